The summed E-state index contributed by atoms with van der Waals surface area (Å²) in [6, 6.07) is 0. The third-order valence-corrected chi connectivity index (χ3v) is 2.45. The third kappa shape index (κ3) is 8.72. The van der Waals surface area contributed by atoms with Crippen LogP contribution in [-0.4, -0.2) is 58.9 Å². The van der Waals surface area contributed by atoms with Crippen molar-refractivity contribution in [1.82, 2.24) is 0 Å². The van der Waals surface area contributed by atoms with Crippen LogP contribution in [0.5, 0.6) is 0 Å². The summed E-state index contributed by atoms with van der Waals surface area (Å²) >= 11 is 0. The molecule has 19 heavy (non-hydrogen) atoms. The van der Waals surface area contributed by atoms with Gasteiger partial charge in [-0.15, -0.1) is 0 Å². The molecule has 0 aromatic heterocycles. The van der Waals surface area contributed by atoms with Crippen LogP contribution >= 0.6 is 0 Å². The molecule has 0 aliphatic rings. The van der Waals surface area contributed by atoms with E-state index in [-0.39, 0.29) is 24.9 Å². The molecule has 3 N–H and O–H groups in total. The molecule has 6 heteroatoms. The number of aliphatic hydroxyl groups is 2. The molecule has 0 rings (SSSR count). The standard InChI is InChI=1S/C13H24O6/c1-8(13(16)17)5-12(15)11(4)19-7-10(3)18-6-9(2)14/h5,9-12,14-15H,6-7H2,1-4H3,(H,16,17). The Bertz CT molecular complexity index is 300. The van der Waals surface area contributed by atoms with Crippen molar-refractivity contribution < 1.29 is 29.6 Å². The topological polar surface area (TPSA) is 96.2 Å². The molecule has 0 aliphatic carbocycles. The van der Waals surface area contributed by atoms with Gasteiger partial charge in [-0.05, 0) is 33.8 Å². The summed E-state index contributed by atoms with van der Waals surface area (Å²) < 4.78 is 10.7. The maximum Gasteiger partial charge on any atom is 0.331 e. The second-order valence-electron chi connectivity index (χ2n) is 4.68. The van der Waals surface area contributed by atoms with Crippen LogP contribution in [0.3, 0.4) is 0 Å². The molecule has 4 unspecified atom stereocenters. The fourth-order valence-electron chi connectivity index (χ4n) is 1.20. The highest BCUT2D eigenvalue weighted by atomic mass is 16.5. The lowest BCUT2D eigenvalue weighted by molar-refractivity contribution is -0.132. The predicted molar refractivity (Wildman–Crippen MR) is 69.9 cm³/mol. The maximum absolute atomic E-state index is 10.6. The number of aliphatic carboxylic acids is 1. The zero-order valence-corrected chi connectivity index (χ0v) is 11.9. The van der Waals surface area contributed by atoms with Crippen molar-refractivity contribution in [3.8, 4) is 0 Å². The second-order valence-corrected chi connectivity index (χ2v) is 4.68. The zero-order chi connectivity index (χ0) is 15.0. The van der Waals surface area contributed by atoms with Gasteiger partial charge in [0.15, 0.2) is 0 Å². The molecule has 0 aromatic rings. The van der Waals surface area contributed by atoms with Crippen molar-refractivity contribution in [3.63, 3.8) is 0 Å². The number of hydrogen-bond acceptors (Lipinski definition) is 5. The molecule has 112 valence electrons. The third-order valence-electron chi connectivity index (χ3n) is 2.45. The molecular weight excluding hydrogens is 252 g/mol. The monoisotopic (exact) mass is 276 g/mol. The summed E-state index contributed by atoms with van der Waals surface area (Å²) in [7, 11) is 0. The van der Waals surface area contributed by atoms with Crippen LogP contribution in [0, 0.1) is 0 Å². The van der Waals surface area contributed by atoms with E-state index in [2.05, 4.69) is 0 Å². The quantitative estimate of drug-likeness (QED) is 0.533. The minimum absolute atomic E-state index is 0.0707. The first-order valence-corrected chi connectivity index (χ1v) is 6.25. The molecule has 0 saturated carbocycles. The minimum atomic E-state index is -1.07. The molecular formula is C13H24O6. The van der Waals surface area contributed by atoms with Crippen molar-refractivity contribution in [2.75, 3.05) is 13.2 Å². The molecule has 4 atom stereocenters. The van der Waals surface area contributed by atoms with Gasteiger partial charge in [0, 0.05) is 5.57 Å². The molecule has 0 aliphatic heterocycles. The normalized spacial score (nSPS) is 18.7. The van der Waals surface area contributed by atoms with Crippen molar-refractivity contribution in [3.05, 3.63) is 11.6 Å². The number of hydrogen-bond donors (Lipinski definition) is 3. The van der Waals surface area contributed by atoms with E-state index in [1.807, 2.05) is 0 Å². The molecule has 0 spiro atoms. The smallest absolute Gasteiger partial charge is 0.331 e. The Morgan fingerprint density at radius 2 is 1.74 bits per heavy atom. The van der Waals surface area contributed by atoms with Crippen LogP contribution in [-0.2, 0) is 14.3 Å². The summed E-state index contributed by atoms with van der Waals surface area (Å²) in [5.41, 5.74) is 0.0707. The molecule has 0 amide bonds. The maximum atomic E-state index is 10.6. The number of carboxylic acids is 1. The van der Waals surface area contributed by atoms with Crippen molar-refractivity contribution in [2.45, 2.75) is 52.1 Å². The molecule has 6 nitrogen and oxygen atoms in total. The van der Waals surface area contributed by atoms with E-state index in [9.17, 15) is 9.90 Å². The van der Waals surface area contributed by atoms with Gasteiger partial charge in [-0.25, -0.2) is 4.79 Å². The Kier molecular flexibility index (Phi) is 8.58. The SMILES string of the molecule is CC(=CC(O)C(C)OCC(C)OCC(C)O)C(=O)O. The average molecular weight is 276 g/mol. The first kappa shape index (κ1) is 18.0. The van der Waals surface area contributed by atoms with E-state index >= 15 is 0 Å². The summed E-state index contributed by atoms with van der Waals surface area (Å²) in [5, 5.41) is 27.5. The van der Waals surface area contributed by atoms with Crippen LogP contribution in [0.4, 0.5) is 0 Å². The Morgan fingerprint density at radius 1 is 1.16 bits per heavy atom. The summed E-state index contributed by atoms with van der Waals surface area (Å²) in [5.74, 6) is -1.07. The lowest BCUT2D eigenvalue weighted by Gasteiger charge is -2.20. The predicted octanol–water partition coefficient (Wildman–Crippen LogP) is 0.569. The number of carbonyl (C=O) groups is 1. The van der Waals surface area contributed by atoms with E-state index in [1.165, 1.54) is 13.0 Å². The fourth-order valence-corrected chi connectivity index (χ4v) is 1.20. The second kappa shape index (κ2) is 9.03. The van der Waals surface area contributed by atoms with E-state index in [0.29, 0.717) is 0 Å². The molecule has 0 fully saturated rings. The van der Waals surface area contributed by atoms with E-state index in [4.69, 9.17) is 19.7 Å². The van der Waals surface area contributed by atoms with Gasteiger partial charge in [-0.3, -0.25) is 0 Å². The number of ether oxygens (including phenoxy) is 2. The van der Waals surface area contributed by atoms with Crippen molar-refractivity contribution >= 4 is 5.97 Å². The Labute approximate surface area is 113 Å². The Hall–Kier alpha value is -0.950. The minimum Gasteiger partial charge on any atom is -0.478 e. The van der Waals surface area contributed by atoms with Crippen LogP contribution in [0.25, 0.3) is 0 Å². The van der Waals surface area contributed by atoms with Gasteiger partial charge in [-0.2, -0.15) is 0 Å². The van der Waals surface area contributed by atoms with Crippen molar-refractivity contribution in [2.24, 2.45) is 0 Å². The first-order chi connectivity index (χ1) is 8.73. The summed E-state index contributed by atoms with van der Waals surface area (Å²) in [6.45, 7) is 6.95. The molecule has 0 radical (unpaired) electrons. The van der Waals surface area contributed by atoms with E-state index in [1.54, 1.807) is 20.8 Å². The summed E-state index contributed by atoms with van der Waals surface area (Å²) in [6.07, 6.45) is -1.03. The Balaban J connectivity index is 4.06. The average Bonchev–Trinajstić information content (AvgIpc) is 2.32. The number of aliphatic hydroxyl groups excluding tert-OH is 2. The largest absolute Gasteiger partial charge is 0.478 e. The zero-order valence-electron chi connectivity index (χ0n) is 11.9. The highest BCUT2D eigenvalue weighted by Crippen LogP contribution is 2.06. The fraction of sp³-hybridized carbons (Fsp3) is 0.769. The molecule has 0 bridgehead atoms. The van der Waals surface area contributed by atoms with Crippen LogP contribution in [0.1, 0.15) is 27.7 Å². The van der Waals surface area contributed by atoms with Gasteiger partial charge >= 0.3 is 5.97 Å². The van der Waals surface area contributed by atoms with Gasteiger partial charge in [0.25, 0.3) is 0 Å². The highest BCUT2D eigenvalue weighted by molar-refractivity contribution is 5.85. The van der Waals surface area contributed by atoms with Gasteiger partial charge < -0.3 is 24.8 Å². The molecule has 0 heterocycles. The molecule has 0 saturated heterocycles. The number of carboxylic acid groups (broad SMARTS) is 1. The van der Waals surface area contributed by atoms with E-state index < -0.39 is 24.3 Å². The van der Waals surface area contributed by atoms with Gasteiger partial charge in [0.05, 0.1) is 37.6 Å². The van der Waals surface area contributed by atoms with E-state index in [0.717, 1.165) is 0 Å². The Morgan fingerprint density at radius 3 is 2.21 bits per heavy atom. The van der Waals surface area contributed by atoms with Crippen LogP contribution < -0.4 is 0 Å². The van der Waals surface area contributed by atoms with Crippen LogP contribution in [0.15, 0.2) is 11.6 Å². The van der Waals surface area contributed by atoms with Gasteiger partial charge in [0.2, 0.25) is 0 Å². The highest BCUT2D eigenvalue weighted by Gasteiger charge is 2.16. The van der Waals surface area contributed by atoms with Crippen molar-refractivity contribution in [1.29, 1.82) is 0 Å². The molecule has 0 aromatic carbocycles. The van der Waals surface area contributed by atoms with Crippen LogP contribution in [0.2, 0.25) is 0 Å². The van der Waals surface area contributed by atoms with Gasteiger partial charge in [0.1, 0.15) is 0 Å². The first-order valence-electron chi connectivity index (χ1n) is 6.25. The summed E-state index contributed by atoms with van der Waals surface area (Å²) in [4.78, 5) is 10.6. The lowest BCUT2D eigenvalue weighted by atomic mass is 10.1. The number of rotatable bonds is 9. The van der Waals surface area contributed by atoms with Gasteiger partial charge in [-0.1, -0.05) is 0 Å². The lowest BCUT2D eigenvalue weighted by Crippen LogP contribution is -2.29.